The summed E-state index contributed by atoms with van der Waals surface area (Å²) < 4.78 is 19.0. The molecule has 1 aromatic heterocycles. The van der Waals surface area contributed by atoms with E-state index in [1.807, 2.05) is 0 Å². The minimum Gasteiger partial charge on any atom is -0.437 e. The highest BCUT2D eigenvalue weighted by Gasteiger charge is 2.21. The number of halogens is 1. The minimum atomic E-state index is -0.313. The van der Waals surface area contributed by atoms with Crippen molar-refractivity contribution >= 4 is 11.1 Å². The molecule has 0 N–H and O–H groups in total. The van der Waals surface area contributed by atoms with Crippen molar-refractivity contribution in [1.82, 2.24) is 4.98 Å². The molecule has 2 aromatic rings. The van der Waals surface area contributed by atoms with Crippen LogP contribution in [0.25, 0.3) is 11.1 Å². The first-order chi connectivity index (χ1) is 7.84. The highest BCUT2D eigenvalue weighted by atomic mass is 19.1. The van der Waals surface area contributed by atoms with Gasteiger partial charge in [0.25, 0.3) is 0 Å². The number of rotatable bonds is 1. The maximum atomic E-state index is 13.4. The summed E-state index contributed by atoms with van der Waals surface area (Å²) in [7, 11) is 0. The number of oxazole rings is 1. The highest BCUT2D eigenvalue weighted by molar-refractivity contribution is 5.73. The summed E-state index contributed by atoms with van der Waals surface area (Å²) in [6, 6.07) is 4.89. The van der Waals surface area contributed by atoms with Crippen molar-refractivity contribution in [3.8, 4) is 0 Å². The lowest BCUT2D eigenvalue weighted by atomic mass is 9.89. The van der Waals surface area contributed by atoms with Gasteiger partial charge in [-0.2, -0.15) is 0 Å². The Morgan fingerprint density at radius 3 is 2.75 bits per heavy atom. The van der Waals surface area contributed by atoms with E-state index in [4.69, 9.17) is 4.42 Å². The number of hydrogen-bond donors (Lipinski definition) is 0. The van der Waals surface area contributed by atoms with E-state index in [-0.39, 0.29) is 5.82 Å². The van der Waals surface area contributed by atoms with Crippen LogP contribution in [0.4, 0.5) is 4.39 Å². The number of nitrogens with zero attached hydrogens (tertiary/aromatic N) is 1. The number of fused-ring (bicyclic) bond motifs is 1. The highest BCUT2D eigenvalue weighted by Crippen LogP contribution is 2.34. The van der Waals surface area contributed by atoms with Gasteiger partial charge in [0.05, 0.1) is 0 Å². The monoisotopic (exact) mass is 219 g/mol. The molecule has 0 bridgehead atoms. The van der Waals surface area contributed by atoms with Gasteiger partial charge in [-0.15, -0.1) is 0 Å². The summed E-state index contributed by atoms with van der Waals surface area (Å²) in [5, 5.41) is 0. The number of para-hydroxylation sites is 1. The van der Waals surface area contributed by atoms with Crippen LogP contribution in [-0.4, -0.2) is 4.98 Å². The Bertz CT molecular complexity index is 500. The number of benzene rings is 1. The van der Waals surface area contributed by atoms with Crippen LogP contribution in [0.5, 0.6) is 0 Å². The summed E-state index contributed by atoms with van der Waals surface area (Å²) in [5.74, 6) is 0.799. The molecule has 1 fully saturated rings. The molecular weight excluding hydrogens is 205 g/mol. The summed E-state index contributed by atoms with van der Waals surface area (Å²) in [6.45, 7) is 0. The predicted molar refractivity (Wildman–Crippen MR) is 59.8 cm³/mol. The van der Waals surface area contributed by atoms with E-state index >= 15 is 0 Å². The normalized spacial score (nSPS) is 18.1. The van der Waals surface area contributed by atoms with Crippen LogP contribution in [0.1, 0.15) is 43.9 Å². The SMILES string of the molecule is Fc1cccc2nc(C3CCCCC3)oc12. The molecule has 84 valence electrons. The van der Waals surface area contributed by atoms with Crippen molar-refractivity contribution < 1.29 is 8.81 Å². The molecular formula is C13H14FNO. The minimum absolute atomic E-state index is 0.308. The molecule has 0 amide bonds. The first kappa shape index (κ1) is 9.82. The zero-order valence-corrected chi connectivity index (χ0v) is 9.08. The maximum absolute atomic E-state index is 13.4. The molecule has 0 unspecified atom stereocenters. The van der Waals surface area contributed by atoms with E-state index in [1.54, 1.807) is 12.1 Å². The van der Waals surface area contributed by atoms with E-state index in [1.165, 1.54) is 25.3 Å². The average molecular weight is 219 g/mol. The van der Waals surface area contributed by atoms with Crippen molar-refractivity contribution in [2.24, 2.45) is 0 Å². The molecule has 1 aromatic carbocycles. The first-order valence-corrected chi connectivity index (χ1v) is 5.89. The van der Waals surface area contributed by atoms with Crippen molar-refractivity contribution in [1.29, 1.82) is 0 Å². The average Bonchev–Trinajstić information content (AvgIpc) is 2.76. The third kappa shape index (κ3) is 1.60. The third-order valence-electron chi connectivity index (χ3n) is 3.34. The van der Waals surface area contributed by atoms with Gasteiger partial charge >= 0.3 is 0 Å². The fourth-order valence-electron chi connectivity index (χ4n) is 2.46. The lowest BCUT2D eigenvalue weighted by molar-refractivity contribution is 0.370. The van der Waals surface area contributed by atoms with E-state index in [2.05, 4.69) is 4.98 Å². The lowest BCUT2D eigenvalue weighted by Crippen LogP contribution is -2.04. The molecule has 0 saturated heterocycles. The van der Waals surface area contributed by atoms with Gasteiger partial charge in [0.2, 0.25) is 0 Å². The Labute approximate surface area is 93.5 Å². The van der Waals surface area contributed by atoms with Gasteiger partial charge in [-0.1, -0.05) is 25.3 Å². The molecule has 1 heterocycles. The molecule has 1 saturated carbocycles. The Hall–Kier alpha value is -1.38. The largest absolute Gasteiger partial charge is 0.437 e. The van der Waals surface area contributed by atoms with Crippen LogP contribution < -0.4 is 0 Å². The maximum Gasteiger partial charge on any atom is 0.198 e. The van der Waals surface area contributed by atoms with Crippen LogP contribution in [0.2, 0.25) is 0 Å². The van der Waals surface area contributed by atoms with Crippen LogP contribution in [-0.2, 0) is 0 Å². The third-order valence-corrected chi connectivity index (χ3v) is 3.34. The Morgan fingerprint density at radius 2 is 2.00 bits per heavy atom. The van der Waals surface area contributed by atoms with Crippen LogP contribution in [0.15, 0.2) is 22.6 Å². The van der Waals surface area contributed by atoms with Gasteiger partial charge in [0.1, 0.15) is 5.52 Å². The van der Waals surface area contributed by atoms with E-state index in [0.717, 1.165) is 18.7 Å². The van der Waals surface area contributed by atoms with E-state index < -0.39 is 0 Å². The number of hydrogen-bond acceptors (Lipinski definition) is 2. The van der Waals surface area contributed by atoms with Crippen molar-refractivity contribution in [2.45, 2.75) is 38.0 Å². The fraction of sp³-hybridized carbons (Fsp3) is 0.462. The van der Waals surface area contributed by atoms with E-state index in [0.29, 0.717) is 17.0 Å². The van der Waals surface area contributed by atoms with Crippen LogP contribution >= 0.6 is 0 Å². The zero-order valence-electron chi connectivity index (χ0n) is 9.08. The lowest BCUT2D eigenvalue weighted by Gasteiger charge is -2.17. The summed E-state index contributed by atoms with van der Waals surface area (Å²) in [4.78, 5) is 4.39. The fourth-order valence-corrected chi connectivity index (χ4v) is 2.46. The quantitative estimate of drug-likeness (QED) is 0.724. The van der Waals surface area contributed by atoms with Gasteiger partial charge in [0, 0.05) is 5.92 Å². The second-order valence-corrected chi connectivity index (χ2v) is 4.48. The molecule has 1 aliphatic rings. The molecule has 1 aliphatic carbocycles. The molecule has 3 rings (SSSR count). The smallest absolute Gasteiger partial charge is 0.198 e. The van der Waals surface area contributed by atoms with Gasteiger partial charge in [-0.05, 0) is 25.0 Å². The Balaban J connectivity index is 2.01. The second kappa shape index (κ2) is 3.89. The summed E-state index contributed by atoms with van der Waals surface area (Å²) >= 11 is 0. The summed E-state index contributed by atoms with van der Waals surface area (Å²) in [6.07, 6.45) is 5.99. The molecule has 0 aliphatic heterocycles. The van der Waals surface area contributed by atoms with Crippen molar-refractivity contribution in [3.63, 3.8) is 0 Å². The Kier molecular flexibility index (Phi) is 2.39. The predicted octanol–water partition coefficient (Wildman–Crippen LogP) is 4.01. The topological polar surface area (TPSA) is 26.0 Å². The van der Waals surface area contributed by atoms with Gasteiger partial charge < -0.3 is 4.42 Å². The van der Waals surface area contributed by atoms with Gasteiger partial charge in [-0.3, -0.25) is 0 Å². The molecule has 0 atom stereocenters. The molecule has 0 spiro atoms. The summed E-state index contributed by atoms with van der Waals surface area (Å²) in [5.41, 5.74) is 0.948. The van der Waals surface area contributed by atoms with Crippen LogP contribution in [0.3, 0.4) is 0 Å². The van der Waals surface area contributed by atoms with E-state index in [9.17, 15) is 4.39 Å². The van der Waals surface area contributed by atoms with Crippen LogP contribution in [0, 0.1) is 5.82 Å². The molecule has 16 heavy (non-hydrogen) atoms. The second-order valence-electron chi connectivity index (χ2n) is 4.48. The Morgan fingerprint density at radius 1 is 1.19 bits per heavy atom. The number of aromatic nitrogens is 1. The standard InChI is InChI=1S/C13H14FNO/c14-10-7-4-8-11-12(10)16-13(15-11)9-5-2-1-3-6-9/h4,7-9H,1-3,5-6H2. The zero-order chi connectivity index (χ0) is 11.0. The van der Waals surface area contributed by atoms with Crippen molar-refractivity contribution in [2.75, 3.05) is 0 Å². The molecule has 0 radical (unpaired) electrons. The molecule has 2 nitrogen and oxygen atoms in total. The molecule has 3 heteroatoms. The first-order valence-electron chi connectivity index (χ1n) is 5.89. The van der Waals surface area contributed by atoms with Gasteiger partial charge in [-0.25, -0.2) is 9.37 Å². The van der Waals surface area contributed by atoms with Crippen molar-refractivity contribution in [3.05, 3.63) is 29.9 Å². The van der Waals surface area contributed by atoms with Gasteiger partial charge in [0.15, 0.2) is 17.3 Å².